The Morgan fingerprint density at radius 3 is 2.52 bits per heavy atom. The lowest BCUT2D eigenvalue weighted by atomic mass is 10.0. The molecule has 5 nitrogen and oxygen atoms in total. The third-order valence-corrected chi connectivity index (χ3v) is 3.14. The Kier molecular flexibility index (Phi) is 7.79. The van der Waals surface area contributed by atoms with Gasteiger partial charge in [0.15, 0.2) is 0 Å². The lowest BCUT2D eigenvalue weighted by molar-refractivity contribution is -0.122. The van der Waals surface area contributed by atoms with E-state index in [2.05, 4.69) is 10.6 Å². The Morgan fingerprint density at radius 1 is 1.29 bits per heavy atom. The van der Waals surface area contributed by atoms with Gasteiger partial charge in [-0.15, -0.1) is 0 Å². The van der Waals surface area contributed by atoms with E-state index >= 15 is 0 Å². The molecule has 0 fully saturated rings. The molecule has 0 bridgehead atoms. The number of hydrogen-bond donors (Lipinski definition) is 2. The number of ether oxygens (including phenoxy) is 1. The number of benzene rings is 1. The van der Waals surface area contributed by atoms with Crippen LogP contribution >= 0.6 is 11.6 Å². The summed E-state index contributed by atoms with van der Waals surface area (Å²) in [6, 6.07) is 6.73. The Bertz CT molecular complexity index is 462. The van der Waals surface area contributed by atoms with Crippen LogP contribution in [0.2, 0.25) is 5.02 Å². The van der Waals surface area contributed by atoms with Gasteiger partial charge in [-0.25, -0.2) is 0 Å². The van der Waals surface area contributed by atoms with E-state index in [1.807, 2.05) is 0 Å². The smallest absolute Gasteiger partial charge is 0.222 e. The molecular formula is C15H21ClN2O3. The molecule has 1 atom stereocenters. The molecule has 1 rings (SSSR count). The van der Waals surface area contributed by atoms with Crippen LogP contribution in [0.3, 0.4) is 0 Å². The summed E-state index contributed by atoms with van der Waals surface area (Å²) in [6.07, 6.45) is 0.947. The standard InChI is InChI=1S/C15H21ClN2O3/c1-11(19)18-14(12-4-6-13(16)7-5-12)10-15(20)17-8-3-9-21-2/h4-7,14H,3,8-10H2,1-2H3,(H,17,20)(H,18,19). The molecule has 0 aromatic heterocycles. The van der Waals surface area contributed by atoms with Crippen molar-refractivity contribution in [3.05, 3.63) is 34.9 Å². The Morgan fingerprint density at radius 2 is 1.95 bits per heavy atom. The third-order valence-electron chi connectivity index (χ3n) is 2.89. The molecule has 2 N–H and O–H groups in total. The van der Waals surface area contributed by atoms with Gasteiger partial charge in [-0.05, 0) is 24.1 Å². The van der Waals surface area contributed by atoms with E-state index in [9.17, 15) is 9.59 Å². The van der Waals surface area contributed by atoms with Crippen LogP contribution in [-0.4, -0.2) is 32.1 Å². The van der Waals surface area contributed by atoms with Crippen molar-refractivity contribution in [1.29, 1.82) is 0 Å². The molecule has 2 amide bonds. The highest BCUT2D eigenvalue weighted by Gasteiger charge is 2.16. The number of amides is 2. The quantitative estimate of drug-likeness (QED) is 0.722. The van der Waals surface area contributed by atoms with Gasteiger partial charge in [-0.1, -0.05) is 23.7 Å². The summed E-state index contributed by atoms with van der Waals surface area (Å²) in [4.78, 5) is 23.2. The van der Waals surface area contributed by atoms with Gasteiger partial charge in [-0.3, -0.25) is 9.59 Å². The number of methoxy groups -OCH3 is 1. The van der Waals surface area contributed by atoms with Crippen LogP contribution in [0.25, 0.3) is 0 Å². The Hall–Kier alpha value is -1.59. The van der Waals surface area contributed by atoms with Crippen LogP contribution in [0.1, 0.15) is 31.4 Å². The largest absolute Gasteiger partial charge is 0.385 e. The minimum Gasteiger partial charge on any atom is -0.385 e. The second kappa shape index (κ2) is 9.37. The predicted molar refractivity (Wildman–Crippen MR) is 82.1 cm³/mol. The van der Waals surface area contributed by atoms with Crippen LogP contribution in [0.15, 0.2) is 24.3 Å². The molecule has 6 heteroatoms. The fourth-order valence-electron chi connectivity index (χ4n) is 1.89. The average Bonchev–Trinajstić information content (AvgIpc) is 2.43. The van der Waals surface area contributed by atoms with Crippen molar-refractivity contribution in [2.75, 3.05) is 20.3 Å². The topological polar surface area (TPSA) is 67.4 Å². The summed E-state index contributed by atoms with van der Waals surface area (Å²) < 4.78 is 4.92. The molecule has 0 aliphatic carbocycles. The van der Waals surface area contributed by atoms with Crippen molar-refractivity contribution >= 4 is 23.4 Å². The molecule has 1 aromatic rings. The number of carbonyl (C=O) groups is 2. The van der Waals surface area contributed by atoms with Crippen LogP contribution in [0.4, 0.5) is 0 Å². The van der Waals surface area contributed by atoms with E-state index in [4.69, 9.17) is 16.3 Å². The zero-order valence-electron chi connectivity index (χ0n) is 12.3. The molecule has 1 unspecified atom stereocenters. The van der Waals surface area contributed by atoms with Crippen LogP contribution in [0.5, 0.6) is 0 Å². The summed E-state index contributed by atoms with van der Waals surface area (Å²) in [5, 5.41) is 6.20. The fourth-order valence-corrected chi connectivity index (χ4v) is 2.02. The molecule has 0 saturated carbocycles. The van der Waals surface area contributed by atoms with Crippen molar-refractivity contribution in [3.63, 3.8) is 0 Å². The summed E-state index contributed by atoms with van der Waals surface area (Å²) in [7, 11) is 1.62. The van der Waals surface area contributed by atoms with E-state index in [1.54, 1.807) is 31.4 Å². The number of rotatable bonds is 8. The Balaban J connectivity index is 2.59. The fraction of sp³-hybridized carbons (Fsp3) is 0.467. The first-order valence-electron chi connectivity index (χ1n) is 6.81. The third kappa shape index (κ3) is 7.11. The lowest BCUT2D eigenvalue weighted by Gasteiger charge is -2.18. The summed E-state index contributed by atoms with van der Waals surface area (Å²) in [6.45, 7) is 2.59. The van der Waals surface area contributed by atoms with E-state index in [0.29, 0.717) is 18.2 Å². The molecular weight excluding hydrogens is 292 g/mol. The average molecular weight is 313 g/mol. The number of halogens is 1. The molecule has 21 heavy (non-hydrogen) atoms. The SMILES string of the molecule is COCCCNC(=O)CC(NC(C)=O)c1ccc(Cl)cc1. The number of nitrogens with one attached hydrogen (secondary N) is 2. The molecule has 116 valence electrons. The highest BCUT2D eigenvalue weighted by molar-refractivity contribution is 6.30. The van der Waals surface area contributed by atoms with Gasteiger partial charge < -0.3 is 15.4 Å². The second-order valence-corrected chi connectivity index (χ2v) is 5.14. The van der Waals surface area contributed by atoms with Gasteiger partial charge in [-0.2, -0.15) is 0 Å². The van der Waals surface area contributed by atoms with Crippen LogP contribution in [0, 0.1) is 0 Å². The maximum atomic E-state index is 11.9. The molecule has 0 spiro atoms. The summed E-state index contributed by atoms with van der Waals surface area (Å²) in [5.74, 6) is -0.290. The Labute approximate surface area is 130 Å². The van der Waals surface area contributed by atoms with Gasteiger partial charge >= 0.3 is 0 Å². The first kappa shape index (κ1) is 17.5. The highest BCUT2D eigenvalue weighted by Crippen LogP contribution is 2.19. The molecule has 0 radical (unpaired) electrons. The van der Waals surface area contributed by atoms with E-state index in [1.165, 1.54) is 6.92 Å². The van der Waals surface area contributed by atoms with E-state index in [0.717, 1.165) is 12.0 Å². The lowest BCUT2D eigenvalue weighted by Crippen LogP contribution is -2.33. The zero-order valence-corrected chi connectivity index (χ0v) is 13.1. The maximum Gasteiger partial charge on any atom is 0.222 e. The molecule has 1 aromatic carbocycles. The van der Waals surface area contributed by atoms with Gasteiger partial charge in [0.1, 0.15) is 0 Å². The van der Waals surface area contributed by atoms with Crippen molar-refractivity contribution in [2.45, 2.75) is 25.8 Å². The number of hydrogen-bond acceptors (Lipinski definition) is 3. The van der Waals surface area contributed by atoms with Gasteiger partial charge in [0.2, 0.25) is 11.8 Å². The van der Waals surface area contributed by atoms with Crippen molar-refractivity contribution in [2.24, 2.45) is 0 Å². The molecule has 0 saturated heterocycles. The highest BCUT2D eigenvalue weighted by atomic mass is 35.5. The number of carbonyl (C=O) groups excluding carboxylic acids is 2. The zero-order chi connectivity index (χ0) is 15.7. The minimum atomic E-state index is -0.359. The first-order valence-corrected chi connectivity index (χ1v) is 7.19. The summed E-state index contributed by atoms with van der Waals surface area (Å²) >= 11 is 5.85. The van der Waals surface area contributed by atoms with Crippen molar-refractivity contribution in [3.8, 4) is 0 Å². The first-order chi connectivity index (χ1) is 10.0. The molecule has 0 aliphatic heterocycles. The monoisotopic (exact) mass is 312 g/mol. The van der Waals surface area contributed by atoms with Gasteiger partial charge in [0.05, 0.1) is 12.5 Å². The van der Waals surface area contributed by atoms with E-state index < -0.39 is 0 Å². The van der Waals surface area contributed by atoms with Crippen molar-refractivity contribution in [1.82, 2.24) is 10.6 Å². The van der Waals surface area contributed by atoms with Gasteiger partial charge in [0.25, 0.3) is 0 Å². The maximum absolute atomic E-state index is 11.9. The normalized spacial score (nSPS) is 11.8. The van der Waals surface area contributed by atoms with Gasteiger partial charge in [0, 0.05) is 32.2 Å². The van der Waals surface area contributed by atoms with E-state index in [-0.39, 0.29) is 24.3 Å². The second-order valence-electron chi connectivity index (χ2n) is 4.71. The molecule has 0 heterocycles. The molecule has 0 aliphatic rings. The summed E-state index contributed by atoms with van der Waals surface area (Å²) in [5.41, 5.74) is 0.849. The van der Waals surface area contributed by atoms with Crippen LogP contribution < -0.4 is 10.6 Å². The predicted octanol–water partition coefficient (Wildman–Crippen LogP) is 2.06. The van der Waals surface area contributed by atoms with Crippen LogP contribution in [-0.2, 0) is 14.3 Å². The minimum absolute atomic E-state index is 0.111. The van der Waals surface area contributed by atoms with Crippen molar-refractivity contribution < 1.29 is 14.3 Å².